The van der Waals surface area contributed by atoms with Crippen LogP contribution in [0.2, 0.25) is 0 Å². The summed E-state index contributed by atoms with van der Waals surface area (Å²) in [4.78, 5) is 0. The third-order valence-electron chi connectivity index (χ3n) is 2.91. The lowest BCUT2D eigenvalue weighted by molar-refractivity contribution is 0.399. The average Bonchev–Trinajstić information content (AvgIpc) is 2.24. The molecule has 0 bridgehead atoms. The Morgan fingerprint density at radius 1 is 1.06 bits per heavy atom. The van der Waals surface area contributed by atoms with Crippen molar-refractivity contribution in [3.8, 4) is 0 Å². The third kappa shape index (κ3) is 8.55. The first-order valence-electron chi connectivity index (χ1n) is 6.43. The van der Waals surface area contributed by atoms with E-state index in [2.05, 4.69) is 13.8 Å². The van der Waals surface area contributed by atoms with E-state index in [-0.39, 0.29) is 12.1 Å². The average molecular weight is 240 g/mol. The summed E-state index contributed by atoms with van der Waals surface area (Å²) in [7, 11) is 11.3. The third-order valence-corrected chi connectivity index (χ3v) is 3.37. The molecule has 0 rings (SSSR count). The molecule has 0 heterocycles. The topological polar surface area (TPSA) is 0 Å². The quantitative estimate of drug-likeness (QED) is 0.403. The highest BCUT2D eigenvalue weighted by Gasteiger charge is 2.23. The number of hydrogen-bond donors (Lipinski definition) is 0. The van der Waals surface area contributed by atoms with E-state index >= 15 is 0 Å². The predicted octanol–water partition coefficient (Wildman–Crippen LogP) is 4.37. The second-order valence-corrected chi connectivity index (χ2v) is 5.65. The Morgan fingerprint density at radius 2 is 1.75 bits per heavy atom. The van der Waals surface area contributed by atoms with Crippen molar-refractivity contribution in [1.29, 1.82) is 0 Å². The Balaban J connectivity index is 3.87. The number of halogens is 1. The molecule has 0 nitrogen and oxygen atoms in total. The molecule has 0 amide bonds. The molecule has 4 heteroatoms. The Morgan fingerprint density at radius 3 is 2.25 bits per heavy atom. The summed E-state index contributed by atoms with van der Waals surface area (Å²) in [6, 6.07) is 0. The van der Waals surface area contributed by atoms with Gasteiger partial charge >= 0.3 is 0 Å². The van der Waals surface area contributed by atoms with Crippen molar-refractivity contribution in [3.63, 3.8) is 0 Å². The van der Waals surface area contributed by atoms with E-state index in [0.717, 1.165) is 19.3 Å². The molecule has 1 atom stereocenters. The molecule has 0 spiro atoms. The normalized spacial score (nSPS) is 13.9. The van der Waals surface area contributed by atoms with Crippen molar-refractivity contribution in [3.05, 3.63) is 0 Å². The minimum Gasteiger partial charge on any atom is -0.166 e. The van der Waals surface area contributed by atoms with Gasteiger partial charge in [0.15, 0.2) is 0 Å². The van der Waals surface area contributed by atoms with Crippen LogP contribution in [0.3, 0.4) is 0 Å². The summed E-state index contributed by atoms with van der Waals surface area (Å²) in [5, 5.41) is 0. The van der Waals surface area contributed by atoms with Crippen LogP contribution < -0.4 is 0 Å². The summed E-state index contributed by atoms with van der Waals surface area (Å²) >= 11 is 0.0805. The van der Waals surface area contributed by atoms with Crippen LogP contribution in [0.5, 0.6) is 0 Å². The maximum absolute atomic E-state index is 12.5. The van der Waals surface area contributed by atoms with Crippen molar-refractivity contribution >= 4 is 27.8 Å². The monoisotopic (exact) mass is 240 g/mol. The van der Waals surface area contributed by atoms with Gasteiger partial charge in [0, 0.05) is 12.1 Å². The number of hydrogen-bond acceptors (Lipinski definition) is 1. The molecule has 0 aliphatic rings. The molecule has 0 saturated heterocycles. The van der Waals surface area contributed by atoms with E-state index in [1.54, 1.807) is 0 Å². The van der Waals surface area contributed by atoms with Crippen molar-refractivity contribution in [1.82, 2.24) is 0 Å². The van der Waals surface area contributed by atoms with E-state index in [4.69, 9.17) is 15.7 Å². The summed E-state index contributed by atoms with van der Waals surface area (Å²) in [6.45, 7) is 4.35. The molecule has 4 radical (unpaired) electrons. The largest absolute Gasteiger partial charge is 0.166 e. The lowest BCUT2D eigenvalue weighted by Crippen LogP contribution is -2.27. The zero-order chi connectivity index (χ0) is 12.4. The van der Waals surface area contributed by atoms with Crippen molar-refractivity contribution in [2.24, 2.45) is 5.92 Å². The van der Waals surface area contributed by atoms with Gasteiger partial charge in [-0.3, -0.25) is 0 Å². The van der Waals surface area contributed by atoms with Crippen LogP contribution in [0, 0.1) is 5.92 Å². The van der Waals surface area contributed by atoms with Gasteiger partial charge in [0.25, 0.3) is 0 Å². The van der Waals surface area contributed by atoms with Gasteiger partial charge in [0.05, 0.1) is 15.7 Å². The molecular weight excluding hydrogens is 217 g/mol. The van der Waals surface area contributed by atoms with Gasteiger partial charge in [-0.2, -0.15) is 3.89 Å². The standard InChI is InChI=1S/C12H23B2FS/c1-3-5-6-7-9-11(8-4-2)10-12(13,14)16-15/h11H,3-10H2,1-2H3. The molecule has 1 unspecified atom stereocenters. The minimum absolute atomic E-state index is 0.0805. The fourth-order valence-corrected chi connectivity index (χ4v) is 2.40. The van der Waals surface area contributed by atoms with Crippen LogP contribution in [0.25, 0.3) is 0 Å². The Labute approximate surface area is 108 Å². The molecule has 0 aliphatic carbocycles. The van der Waals surface area contributed by atoms with Crippen LogP contribution in [0.4, 0.5) is 3.89 Å². The first-order valence-corrected chi connectivity index (χ1v) is 7.15. The maximum atomic E-state index is 12.5. The van der Waals surface area contributed by atoms with Crippen molar-refractivity contribution < 1.29 is 3.89 Å². The van der Waals surface area contributed by atoms with Crippen LogP contribution in [-0.4, -0.2) is 20.2 Å². The summed E-state index contributed by atoms with van der Waals surface area (Å²) in [5.41, 5.74) is 0. The second kappa shape index (κ2) is 9.44. The van der Waals surface area contributed by atoms with Crippen LogP contribution in [-0.2, 0) is 0 Å². The minimum atomic E-state index is -1.19. The molecule has 0 aromatic heterocycles. The van der Waals surface area contributed by atoms with E-state index < -0.39 is 4.55 Å². The molecule has 0 fully saturated rings. The molecule has 0 aliphatic heterocycles. The Kier molecular flexibility index (Phi) is 9.68. The molecule has 0 aromatic carbocycles. The van der Waals surface area contributed by atoms with Gasteiger partial charge in [-0.25, -0.2) is 0 Å². The molecule has 0 saturated carbocycles. The highest BCUT2D eigenvalue weighted by Crippen LogP contribution is 2.31. The van der Waals surface area contributed by atoms with E-state index in [1.807, 2.05) is 0 Å². The summed E-state index contributed by atoms with van der Waals surface area (Å²) < 4.78 is 11.3. The van der Waals surface area contributed by atoms with Crippen molar-refractivity contribution in [2.45, 2.75) is 69.8 Å². The lowest BCUT2D eigenvalue weighted by atomic mass is 9.64. The highest BCUT2D eigenvalue weighted by atomic mass is 32.2. The van der Waals surface area contributed by atoms with Gasteiger partial charge in [-0.05, 0) is 16.9 Å². The molecule has 0 N–H and O–H groups in total. The summed E-state index contributed by atoms with van der Waals surface area (Å²) in [6.07, 6.45) is 8.93. The zero-order valence-electron chi connectivity index (χ0n) is 10.7. The van der Waals surface area contributed by atoms with Crippen molar-refractivity contribution in [2.75, 3.05) is 0 Å². The predicted molar refractivity (Wildman–Crippen MR) is 74.7 cm³/mol. The first kappa shape index (κ1) is 16.4. The Bertz CT molecular complexity index is 165. The SMILES string of the molecule is [B]C([B])(CC(CCC)CCCCCC)SF. The zero-order valence-corrected chi connectivity index (χ0v) is 11.5. The molecular formula is C12H23B2FS. The molecule has 16 heavy (non-hydrogen) atoms. The second-order valence-electron chi connectivity index (χ2n) is 4.74. The fraction of sp³-hybridized carbons (Fsp3) is 1.00. The Hall–Kier alpha value is 0.410. The maximum Gasteiger partial charge on any atom is 0.0797 e. The highest BCUT2D eigenvalue weighted by molar-refractivity contribution is 7.98. The van der Waals surface area contributed by atoms with Crippen LogP contribution in [0.15, 0.2) is 0 Å². The van der Waals surface area contributed by atoms with Gasteiger partial charge in [0.2, 0.25) is 0 Å². The van der Waals surface area contributed by atoms with Gasteiger partial charge in [0.1, 0.15) is 0 Å². The first-order chi connectivity index (χ1) is 7.55. The van der Waals surface area contributed by atoms with Gasteiger partial charge < -0.3 is 0 Å². The number of rotatable bonds is 10. The number of unbranched alkanes of at least 4 members (excludes halogenated alkanes) is 3. The van der Waals surface area contributed by atoms with Gasteiger partial charge in [-0.15, -0.1) is 0 Å². The van der Waals surface area contributed by atoms with E-state index in [0.29, 0.717) is 12.3 Å². The van der Waals surface area contributed by atoms with Crippen LogP contribution >= 0.6 is 12.1 Å². The van der Waals surface area contributed by atoms with E-state index in [1.165, 1.54) is 25.7 Å². The van der Waals surface area contributed by atoms with Crippen LogP contribution in [0.1, 0.15) is 65.2 Å². The fourth-order valence-electron chi connectivity index (χ4n) is 2.10. The summed E-state index contributed by atoms with van der Waals surface area (Å²) in [5.74, 6) is 0.472. The smallest absolute Gasteiger partial charge is 0.0797 e. The lowest BCUT2D eigenvalue weighted by Gasteiger charge is -2.26. The molecule has 90 valence electrons. The van der Waals surface area contributed by atoms with Gasteiger partial charge in [-0.1, -0.05) is 58.8 Å². The molecule has 0 aromatic rings. The van der Waals surface area contributed by atoms with E-state index in [9.17, 15) is 3.89 Å².